The molecule has 2 N–H and O–H groups in total. The topological polar surface area (TPSA) is 33.3 Å². The Labute approximate surface area is 121 Å². The molecule has 1 saturated heterocycles. The Morgan fingerprint density at radius 2 is 2.05 bits per heavy atom. The van der Waals surface area contributed by atoms with E-state index in [2.05, 4.69) is 28.8 Å². The van der Waals surface area contributed by atoms with Gasteiger partial charge in [0.1, 0.15) is 5.75 Å². The van der Waals surface area contributed by atoms with Gasteiger partial charge < -0.3 is 15.4 Å². The van der Waals surface area contributed by atoms with Gasteiger partial charge in [-0.2, -0.15) is 0 Å². The lowest BCUT2D eigenvalue weighted by Gasteiger charge is -2.35. The second-order valence-electron chi connectivity index (χ2n) is 6.68. The van der Waals surface area contributed by atoms with Crippen molar-refractivity contribution in [2.24, 2.45) is 0 Å². The van der Waals surface area contributed by atoms with E-state index in [1.54, 1.807) is 12.7 Å². The Kier molecular flexibility index (Phi) is 3.00. The highest BCUT2D eigenvalue weighted by atomic mass is 16.5. The molecule has 3 nitrogen and oxygen atoms in total. The molecule has 3 aliphatic rings. The highest BCUT2D eigenvalue weighted by Crippen LogP contribution is 2.51. The van der Waals surface area contributed by atoms with Crippen molar-refractivity contribution in [3.63, 3.8) is 0 Å². The first-order chi connectivity index (χ1) is 9.81. The Morgan fingerprint density at radius 3 is 2.75 bits per heavy atom. The van der Waals surface area contributed by atoms with Crippen LogP contribution in [0.25, 0.3) is 0 Å². The fraction of sp³-hybridized carbons (Fsp3) is 0.647. The van der Waals surface area contributed by atoms with Crippen molar-refractivity contribution >= 4 is 0 Å². The highest BCUT2D eigenvalue weighted by molar-refractivity contribution is 5.47. The number of rotatable bonds is 3. The molecule has 1 heterocycles. The summed E-state index contributed by atoms with van der Waals surface area (Å²) >= 11 is 0. The molecule has 4 rings (SSSR count). The van der Waals surface area contributed by atoms with Crippen LogP contribution in [0.15, 0.2) is 18.2 Å². The minimum Gasteiger partial charge on any atom is -0.497 e. The maximum absolute atomic E-state index is 5.47. The molecule has 0 bridgehead atoms. The van der Waals surface area contributed by atoms with E-state index in [1.807, 2.05) is 0 Å². The molecule has 1 saturated carbocycles. The normalized spacial score (nSPS) is 27.6. The lowest BCUT2D eigenvalue weighted by atomic mass is 9.74. The van der Waals surface area contributed by atoms with Gasteiger partial charge in [0.05, 0.1) is 7.11 Å². The first-order valence-electron chi connectivity index (χ1n) is 7.96. The molecule has 0 radical (unpaired) electrons. The minimum absolute atomic E-state index is 0.377. The zero-order chi connectivity index (χ0) is 13.6. The van der Waals surface area contributed by atoms with Gasteiger partial charge in [-0.25, -0.2) is 0 Å². The average Bonchev–Trinajstić information content (AvgIpc) is 3.26. The van der Waals surface area contributed by atoms with Crippen LogP contribution in [0.5, 0.6) is 5.75 Å². The third kappa shape index (κ3) is 2.04. The maximum atomic E-state index is 5.47. The van der Waals surface area contributed by atoms with Gasteiger partial charge in [-0.15, -0.1) is 0 Å². The third-order valence-electron chi connectivity index (χ3n) is 5.38. The van der Waals surface area contributed by atoms with Gasteiger partial charge in [0, 0.05) is 12.1 Å². The van der Waals surface area contributed by atoms with Gasteiger partial charge in [0.15, 0.2) is 0 Å². The smallest absolute Gasteiger partial charge is 0.119 e. The Balaban J connectivity index is 1.72. The van der Waals surface area contributed by atoms with Crippen molar-refractivity contribution in [3.8, 4) is 5.75 Å². The van der Waals surface area contributed by atoms with Crippen molar-refractivity contribution in [1.82, 2.24) is 10.6 Å². The van der Waals surface area contributed by atoms with Gasteiger partial charge in [-0.3, -0.25) is 0 Å². The quantitative estimate of drug-likeness (QED) is 0.887. The van der Waals surface area contributed by atoms with E-state index in [9.17, 15) is 0 Å². The van der Waals surface area contributed by atoms with Gasteiger partial charge in [0.25, 0.3) is 0 Å². The largest absolute Gasteiger partial charge is 0.497 e. The Bertz CT molecular complexity index is 504. The SMILES string of the molecule is COc1ccc2c(c1)C1(CCNCC1)C[C@@H]2NC1CC1. The second kappa shape index (κ2) is 4.74. The Hall–Kier alpha value is -1.06. The third-order valence-corrected chi connectivity index (χ3v) is 5.38. The van der Waals surface area contributed by atoms with Crippen molar-refractivity contribution in [1.29, 1.82) is 0 Å². The molecule has 2 aliphatic carbocycles. The number of hydrogen-bond donors (Lipinski definition) is 2. The van der Waals surface area contributed by atoms with Crippen molar-refractivity contribution in [2.75, 3.05) is 20.2 Å². The standard InChI is InChI=1S/C17H24N2O/c1-20-13-4-5-14-15(10-13)17(6-8-18-9-7-17)11-16(14)19-12-2-3-12/h4-5,10,12,16,18-19H,2-3,6-9,11H2,1H3/t16-/m0/s1. The van der Waals surface area contributed by atoms with Crippen LogP contribution < -0.4 is 15.4 Å². The predicted octanol–water partition coefficient (Wildman–Crippen LogP) is 2.51. The summed E-state index contributed by atoms with van der Waals surface area (Å²) in [5.74, 6) is 1.01. The molecule has 108 valence electrons. The van der Waals surface area contributed by atoms with Crippen LogP contribution in [-0.2, 0) is 5.41 Å². The molecule has 20 heavy (non-hydrogen) atoms. The maximum Gasteiger partial charge on any atom is 0.119 e. The van der Waals surface area contributed by atoms with E-state index in [4.69, 9.17) is 4.74 Å². The monoisotopic (exact) mass is 272 g/mol. The van der Waals surface area contributed by atoms with E-state index in [0.717, 1.165) is 24.9 Å². The van der Waals surface area contributed by atoms with Crippen LogP contribution in [-0.4, -0.2) is 26.2 Å². The van der Waals surface area contributed by atoms with Crippen LogP contribution in [0.4, 0.5) is 0 Å². The van der Waals surface area contributed by atoms with E-state index in [1.165, 1.54) is 37.7 Å². The summed E-state index contributed by atoms with van der Waals surface area (Å²) < 4.78 is 5.47. The van der Waals surface area contributed by atoms with Gasteiger partial charge in [-0.05, 0) is 73.9 Å². The summed E-state index contributed by atoms with van der Waals surface area (Å²) in [5, 5.41) is 7.37. The van der Waals surface area contributed by atoms with Gasteiger partial charge >= 0.3 is 0 Å². The van der Waals surface area contributed by atoms with Crippen molar-refractivity contribution < 1.29 is 4.74 Å². The molecular weight excluding hydrogens is 248 g/mol. The highest BCUT2D eigenvalue weighted by Gasteiger charge is 2.45. The fourth-order valence-corrected chi connectivity index (χ4v) is 4.10. The zero-order valence-corrected chi connectivity index (χ0v) is 12.2. The van der Waals surface area contributed by atoms with Gasteiger partial charge in [0.2, 0.25) is 0 Å². The molecule has 1 aromatic carbocycles. The number of piperidine rings is 1. The van der Waals surface area contributed by atoms with Gasteiger partial charge in [-0.1, -0.05) is 6.07 Å². The molecule has 2 fully saturated rings. The zero-order valence-electron chi connectivity index (χ0n) is 12.2. The molecule has 1 aliphatic heterocycles. The number of ether oxygens (including phenoxy) is 1. The fourth-order valence-electron chi connectivity index (χ4n) is 4.10. The molecule has 0 unspecified atom stereocenters. The predicted molar refractivity (Wildman–Crippen MR) is 80.3 cm³/mol. The average molecular weight is 272 g/mol. The first-order valence-corrected chi connectivity index (χ1v) is 7.96. The molecule has 1 aromatic rings. The van der Waals surface area contributed by atoms with Crippen LogP contribution in [0, 0.1) is 0 Å². The van der Waals surface area contributed by atoms with E-state index in [0.29, 0.717) is 11.5 Å². The molecule has 1 spiro atoms. The molecule has 0 aromatic heterocycles. The molecule has 0 amide bonds. The number of benzene rings is 1. The molecule has 1 atom stereocenters. The summed E-state index contributed by atoms with van der Waals surface area (Å²) in [7, 11) is 1.77. The van der Waals surface area contributed by atoms with E-state index in [-0.39, 0.29) is 0 Å². The summed E-state index contributed by atoms with van der Waals surface area (Å²) in [6.45, 7) is 2.29. The summed E-state index contributed by atoms with van der Waals surface area (Å²) in [6, 6.07) is 8.05. The number of fused-ring (bicyclic) bond motifs is 2. The number of hydrogen-bond acceptors (Lipinski definition) is 3. The summed E-state index contributed by atoms with van der Waals surface area (Å²) in [6.07, 6.45) is 6.51. The second-order valence-corrected chi connectivity index (χ2v) is 6.68. The minimum atomic E-state index is 0.377. The van der Waals surface area contributed by atoms with E-state index >= 15 is 0 Å². The van der Waals surface area contributed by atoms with Crippen molar-refractivity contribution in [2.45, 2.75) is 49.6 Å². The number of methoxy groups -OCH3 is 1. The van der Waals surface area contributed by atoms with Crippen molar-refractivity contribution in [3.05, 3.63) is 29.3 Å². The summed E-state index contributed by atoms with van der Waals surface area (Å²) in [5.41, 5.74) is 3.46. The Morgan fingerprint density at radius 1 is 1.25 bits per heavy atom. The molecule has 3 heteroatoms. The summed E-state index contributed by atoms with van der Waals surface area (Å²) in [4.78, 5) is 0. The van der Waals surface area contributed by atoms with E-state index < -0.39 is 0 Å². The van der Waals surface area contributed by atoms with Crippen LogP contribution in [0.2, 0.25) is 0 Å². The lowest BCUT2D eigenvalue weighted by Crippen LogP contribution is -2.39. The van der Waals surface area contributed by atoms with Crippen LogP contribution >= 0.6 is 0 Å². The van der Waals surface area contributed by atoms with Crippen LogP contribution in [0.1, 0.15) is 49.3 Å². The number of nitrogens with one attached hydrogen (secondary N) is 2. The van der Waals surface area contributed by atoms with Crippen LogP contribution in [0.3, 0.4) is 0 Å². The molecular formula is C17H24N2O. The lowest BCUT2D eigenvalue weighted by molar-refractivity contribution is 0.281. The first kappa shape index (κ1) is 12.7.